The Morgan fingerprint density at radius 3 is 0.540 bits per heavy atom. The van der Waals surface area contributed by atoms with Crippen molar-refractivity contribution in [3.05, 3.63) is 121 Å². The first kappa shape index (κ1) is 39.7. The molecule has 0 N–H and O–H groups in total. The third kappa shape index (κ3) is 12.3. The van der Waals surface area contributed by atoms with Gasteiger partial charge < -0.3 is 0 Å². The van der Waals surface area contributed by atoms with Gasteiger partial charge in [0, 0.05) is 0 Å². The Hall–Kier alpha value is -1.52. The molecule has 4 aromatic rings. The third-order valence-corrected chi connectivity index (χ3v) is 42.4. The fourth-order valence-electron chi connectivity index (χ4n) is 9.30. The van der Waals surface area contributed by atoms with E-state index < -0.39 is 36.8 Å². The zero-order valence-electron chi connectivity index (χ0n) is 31.5. The fourth-order valence-corrected chi connectivity index (χ4v) is 38.4. The van der Waals surface area contributed by atoms with Crippen LogP contribution in [0.1, 0.15) is 128 Å². The van der Waals surface area contributed by atoms with E-state index >= 15 is 0 Å². The summed E-state index contributed by atoms with van der Waals surface area (Å²) in [6.45, 7) is 0. The molecule has 1 saturated heterocycles. The molecule has 268 valence electrons. The molecule has 4 aromatic carbocycles. The normalized spacial score (nSPS) is 20.0. The van der Waals surface area contributed by atoms with Gasteiger partial charge in [0.15, 0.2) is 0 Å². The predicted molar refractivity (Wildman–Crippen MR) is 227 cm³/mol. The van der Waals surface area contributed by atoms with Crippen LogP contribution in [0.2, 0.25) is 17.7 Å². The Kier molecular flexibility index (Phi) is 18.4. The average molecular weight is 882 g/mol. The molecule has 0 saturated carbocycles. The molecule has 0 aliphatic carbocycles. The predicted octanol–water partition coefficient (Wildman–Crippen LogP) is 12.3. The van der Waals surface area contributed by atoms with E-state index in [1.807, 2.05) is 0 Å². The van der Waals surface area contributed by atoms with Crippen LogP contribution in [0.5, 0.6) is 0 Å². The van der Waals surface area contributed by atoms with Gasteiger partial charge in [-0.3, -0.25) is 0 Å². The van der Waals surface area contributed by atoms with E-state index in [4.69, 9.17) is 0 Å². The van der Waals surface area contributed by atoms with Crippen LogP contribution in [0.4, 0.5) is 0 Å². The molecule has 0 radical (unpaired) electrons. The van der Waals surface area contributed by atoms with Crippen LogP contribution in [0, 0.1) is 0 Å². The van der Waals surface area contributed by atoms with Gasteiger partial charge in [-0.25, -0.2) is 0 Å². The third-order valence-electron chi connectivity index (χ3n) is 12.2. The Bertz CT molecular complexity index is 1180. The fraction of sp³-hybridized carbons (Fsp3) is 0.500. The van der Waals surface area contributed by atoms with Crippen molar-refractivity contribution in [1.29, 1.82) is 0 Å². The van der Waals surface area contributed by atoms with E-state index in [9.17, 15) is 0 Å². The van der Waals surface area contributed by atoms with E-state index in [2.05, 4.69) is 121 Å². The van der Waals surface area contributed by atoms with Gasteiger partial charge in [-0.2, -0.15) is 0 Å². The molecule has 1 heterocycles. The van der Waals surface area contributed by atoms with Crippen LogP contribution < -0.4 is 14.3 Å². The Balaban J connectivity index is 1.20. The molecule has 0 nitrogen and oxygen atoms in total. The molecule has 2 heteroatoms. The van der Waals surface area contributed by atoms with E-state index in [1.165, 1.54) is 146 Å². The van der Waals surface area contributed by atoms with Crippen molar-refractivity contribution >= 4 is 51.1 Å². The molecule has 5 rings (SSSR count). The van der Waals surface area contributed by atoms with Crippen molar-refractivity contribution in [2.45, 2.75) is 146 Å². The van der Waals surface area contributed by atoms with Crippen LogP contribution in [0.25, 0.3) is 0 Å². The van der Waals surface area contributed by atoms with Crippen LogP contribution in [-0.2, 0) is 0 Å². The molecule has 0 atom stereocenters. The molecule has 0 amide bonds. The van der Waals surface area contributed by atoms with Gasteiger partial charge >= 0.3 is 319 Å². The van der Waals surface area contributed by atoms with Crippen molar-refractivity contribution in [3.63, 3.8) is 0 Å². The monoisotopic (exact) mass is 884 g/mol. The molecule has 0 unspecified atom stereocenters. The molecule has 0 bridgehead atoms. The van der Waals surface area contributed by atoms with E-state index in [1.54, 1.807) is 14.3 Å². The summed E-state index contributed by atoms with van der Waals surface area (Å²) in [7, 11) is 0. The summed E-state index contributed by atoms with van der Waals surface area (Å²) < 4.78 is 12.9. The first-order chi connectivity index (χ1) is 24.8. The second kappa shape index (κ2) is 23.2. The van der Waals surface area contributed by atoms with E-state index in [0.717, 1.165) is 0 Å². The van der Waals surface area contributed by atoms with Crippen molar-refractivity contribution in [1.82, 2.24) is 0 Å². The average Bonchev–Trinajstić information content (AvgIpc) is 3.18. The summed E-state index contributed by atoms with van der Waals surface area (Å²) in [5, 5.41) is 0. The van der Waals surface area contributed by atoms with Crippen LogP contribution in [0.3, 0.4) is 0 Å². The number of hydrogen-bond donors (Lipinski definition) is 0. The van der Waals surface area contributed by atoms with Gasteiger partial charge in [0.25, 0.3) is 0 Å². The molecular weight excluding hydrogens is 814 g/mol. The van der Waals surface area contributed by atoms with Gasteiger partial charge in [-0.15, -0.1) is 0 Å². The first-order valence-corrected chi connectivity index (χ1v) is 34.8. The van der Waals surface area contributed by atoms with Crippen molar-refractivity contribution in [2.75, 3.05) is 0 Å². The summed E-state index contributed by atoms with van der Waals surface area (Å²) in [4.78, 5) is 0. The molecule has 1 fully saturated rings. The van der Waals surface area contributed by atoms with Gasteiger partial charge in [-0.1, -0.05) is 0 Å². The van der Waals surface area contributed by atoms with Crippen molar-refractivity contribution < 1.29 is 0 Å². The second-order valence-corrected chi connectivity index (χ2v) is 40.4. The number of benzene rings is 4. The van der Waals surface area contributed by atoms with Gasteiger partial charge in [0.05, 0.1) is 0 Å². The maximum atomic E-state index is 2.51. The SMILES string of the molecule is c1cc[c]([Sn]2([c]3ccccc3)[CH2]CCCCCCCCCC[CH2][Sn]([c]3ccccc3)([c]3ccccc3)[CH2]CCCCCCCCCC[CH2]2)cc1. The summed E-state index contributed by atoms with van der Waals surface area (Å²) in [5.74, 6) is 0. The van der Waals surface area contributed by atoms with Gasteiger partial charge in [0.1, 0.15) is 0 Å². The zero-order chi connectivity index (χ0) is 34.4. The Labute approximate surface area is 316 Å². The second-order valence-electron chi connectivity index (χ2n) is 15.7. The molecule has 0 aromatic heterocycles. The molecule has 1 aliphatic rings. The summed E-state index contributed by atoms with van der Waals surface area (Å²) in [6.07, 6.45) is 28.6. The molecular formula is C48H68Sn2. The zero-order valence-corrected chi connectivity index (χ0v) is 37.2. The minimum absolute atomic E-state index is 1.42. The Morgan fingerprint density at radius 2 is 0.360 bits per heavy atom. The van der Waals surface area contributed by atoms with Crippen LogP contribution in [-0.4, -0.2) is 36.8 Å². The summed E-state index contributed by atoms with van der Waals surface area (Å²) >= 11 is -5.52. The van der Waals surface area contributed by atoms with Gasteiger partial charge in [-0.05, 0) is 0 Å². The van der Waals surface area contributed by atoms with Gasteiger partial charge in [0.2, 0.25) is 0 Å². The quantitative estimate of drug-likeness (QED) is 0.179. The molecule has 1 aliphatic heterocycles. The summed E-state index contributed by atoms with van der Waals surface area (Å²) in [5.41, 5.74) is 0. The van der Waals surface area contributed by atoms with E-state index in [0.29, 0.717) is 0 Å². The number of rotatable bonds is 4. The van der Waals surface area contributed by atoms with Crippen LogP contribution in [0.15, 0.2) is 121 Å². The van der Waals surface area contributed by atoms with Crippen molar-refractivity contribution in [2.24, 2.45) is 0 Å². The minimum atomic E-state index is -2.76. The number of hydrogen-bond acceptors (Lipinski definition) is 0. The topological polar surface area (TPSA) is 0 Å². The maximum absolute atomic E-state index is 2.76. The molecule has 50 heavy (non-hydrogen) atoms. The van der Waals surface area contributed by atoms with E-state index in [-0.39, 0.29) is 0 Å². The Morgan fingerprint density at radius 1 is 0.200 bits per heavy atom. The molecule has 0 spiro atoms. The first-order valence-electron chi connectivity index (χ1n) is 21.1. The standard InChI is InChI=1S/2C12H24.4C6H5.2Sn/c2*1-3-5-7-9-11-12-10-8-6-4-2;4*1-2-4-6-5-3-1;;/h2*1-12H2;4*1-5H;;. The van der Waals surface area contributed by atoms with Crippen LogP contribution >= 0.6 is 0 Å². The van der Waals surface area contributed by atoms with Crippen molar-refractivity contribution in [3.8, 4) is 0 Å². The summed E-state index contributed by atoms with van der Waals surface area (Å²) in [6, 6.07) is 47.5.